The van der Waals surface area contributed by atoms with Crippen molar-refractivity contribution in [1.29, 1.82) is 0 Å². The third-order valence-corrected chi connectivity index (χ3v) is 6.34. The third-order valence-electron chi connectivity index (χ3n) is 6.34. The summed E-state index contributed by atoms with van der Waals surface area (Å²) in [7, 11) is 1.60. The SMILES string of the molecule is COc1ccc(CC[C@@]2(C)NC(=O)N(CC(=O)N3c4ccccc4NC(=O)C[C@@H]3C)C2=O)cc1. The van der Waals surface area contributed by atoms with Gasteiger partial charge in [0.05, 0.1) is 18.5 Å². The lowest BCUT2D eigenvalue weighted by molar-refractivity contribution is -0.134. The number of aryl methyl sites for hydroxylation is 1. The monoisotopic (exact) mass is 464 g/mol. The molecule has 0 bridgehead atoms. The molecule has 2 heterocycles. The Balaban J connectivity index is 1.48. The Morgan fingerprint density at radius 1 is 1.12 bits per heavy atom. The molecule has 0 radical (unpaired) electrons. The minimum Gasteiger partial charge on any atom is -0.497 e. The molecule has 2 atom stereocenters. The fraction of sp³-hybridized carbons (Fsp3) is 0.360. The lowest BCUT2D eigenvalue weighted by Gasteiger charge is -2.29. The Morgan fingerprint density at radius 2 is 1.82 bits per heavy atom. The molecule has 178 valence electrons. The van der Waals surface area contributed by atoms with Crippen LogP contribution in [0.25, 0.3) is 0 Å². The Kier molecular flexibility index (Phi) is 6.28. The molecule has 2 aromatic rings. The Hall–Kier alpha value is -3.88. The van der Waals surface area contributed by atoms with Crippen molar-refractivity contribution in [3.63, 3.8) is 0 Å². The summed E-state index contributed by atoms with van der Waals surface area (Å²) in [6.45, 7) is 3.04. The van der Waals surface area contributed by atoms with Gasteiger partial charge in [0.15, 0.2) is 0 Å². The first kappa shape index (κ1) is 23.3. The number of hydrogen-bond donors (Lipinski definition) is 2. The fourth-order valence-electron chi connectivity index (χ4n) is 4.43. The second-order valence-electron chi connectivity index (χ2n) is 8.88. The van der Waals surface area contributed by atoms with Crippen LogP contribution in [-0.2, 0) is 20.8 Å². The lowest BCUT2D eigenvalue weighted by atomic mass is 9.93. The normalized spacial score (nSPS) is 22.1. The van der Waals surface area contributed by atoms with Gasteiger partial charge in [0.1, 0.15) is 17.8 Å². The smallest absolute Gasteiger partial charge is 0.325 e. The Bertz CT molecular complexity index is 1130. The van der Waals surface area contributed by atoms with Gasteiger partial charge in [-0.25, -0.2) is 4.79 Å². The van der Waals surface area contributed by atoms with E-state index in [1.54, 1.807) is 45.2 Å². The molecule has 5 amide bonds. The molecule has 0 spiro atoms. The summed E-state index contributed by atoms with van der Waals surface area (Å²) in [5.41, 5.74) is 0.953. The van der Waals surface area contributed by atoms with Crippen LogP contribution in [-0.4, -0.2) is 53.9 Å². The van der Waals surface area contributed by atoms with Gasteiger partial charge in [0.2, 0.25) is 11.8 Å². The zero-order valence-corrected chi connectivity index (χ0v) is 19.5. The Labute approximate surface area is 198 Å². The largest absolute Gasteiger partial charge is 0.497 e. The van der Waals surface area contributed by atoms with E-state index in [4.69, 9.17) is 4.74 Å². The highest BCUT2D eigenvalue weighted by molar-refractivity contribution is 6.11. The number of benzene rings is 2. The molecule has 9 heteroatoms. The molecule has 34 heavy (non-hydrogen) atoms. The van der Waals surface area contributed by atoms with E-state index >= 15 is 0 Å². The van der Waals surface area contributed by atoms with E-state index in [0.717, 1.165) is 16.2 Å². The van der Waals surface area contributed by atoms with Crippen LogP contribution in [0, 0.1) is 0 Å². The van der Waals surface area contributed by atoms with Crippen molar-refractivity contribution in [3.8, 4) is 5.75 Å². The number of anilines is 2. The number of fused-ring (bicyclic) bond motifs is 1. The standard InChI is InChI=1S/C25H28N4O5/c1-16-14-21(30)26-19-6-4-5-7-20(19)29(16)22(31)15-28-23(32)25(2,27-24(28)33)13-12-17-8-10-18(34-3)11-9-17/h4-11,16H,12-15H2,1-3H3,(H,26,30)(H,27,33)/t16-,25+/m0/s1. The highest BCUT2D eigenvalue weighted by Crippen LogP contribution is 2.32. The van der Waals surface area contributed by atoms with Crippen molar-refractivity contribution in [1.82, 2.24) is 10.2 Å². The number of para-hydroxylation sites is 2. The molecule has 0 aromatic heterocycles. The minimum atomic E-state index is -1.11. The Morgan fingerprint density at radius 3 is 2.53 bits per heavy atom. The predicted molar refractivity (Wildman–Crippen MR) is 127 cm³/mol. The van der Waals surface area contributed by atoms with Crippen LogP contribution in [0.1, 0.15) is 32.3 Å². The molecule has 0 unspecified atom stereocenters. The maximum Gasteiger partial charge on any atom is 0.325 e. The topological polar surface area (TPSA) is 108 Å². The van der Waals surface area contributed by atoms with E-state index < -0.39 is 36.0 Å². The van der Waals surface area contributed by atoms with Crippen LogP contribution in [0.15, 0.2) is 48.5 Å². The van der Waals surface area contributed by atoms with Gasteiger partial charge in [0, 0.05) is 12.5 Å². The maximum atomic E-state index is 13.3. The van der Waals surface area contributed by atoms with Crippen molar-refractivity contribution >= 4 is 35.1 Å². The predicted octanol–water partition coefficient (Wildman–Crippen LogP) is 2.70. The molecule has 2 aromatic carbocycles. The molecule has 9 nitrogen and oxygen atoms in total. The van der Waals surface area contributed by atoms with E-state index in [0.29, 0.717) is 24.2 Å². The van der Waals surface area contributed by atoms with Gasteiger partial charge in [-0.3, -0.25) is 19.3 Å². The number of nitrogens with zero attached hydrogens (tertiary/aromatic N) is 2. The lowest BCUT2D eigenvalue weighted by Crippen LogP contribution is -2.48. The summed E-state index contributed by atoms with van der Waals surface area (Å²) in [5.74, 6) is -0.328. The summed E-state index contributed by atoms with van der Waals surface area (Å²) in [5, 5.41) is 5.56. The summed E-state index contributed by atoms with van der Waals surface area (Å²) in [6.07, 6.45) is 1.06. The number of imide groups is 1. The molecule has 1 fully saturated rings. The first-order valence-electron chi connectivity index (χ1n) is 11.2. The van der Waals surface area contributed by atoms with E-state index in [1.165, 1.54) is 4.90 Å². The fourth-order valence-corrected chi connectivity index (χ4v) is 4.43. The van der Waals surface area contributed by atoms with E-state index in [9.17, 15) is 19.2 Å². The second kappa shape index (κ2) is 9.17. The second-order valence-corrected chi connectivity index (χ2v) is 8.88. The number of urea groups is 1. The molecule has 2 N–H and O–H groups in total. The molecule has 4 rings (SSSR count). The number of amides is 5. The summed E-state index contributed by atoms with van der Waals surface area (Å²) < 4.78 is 5.17. The van der Waals surface area contributed by atoms with Crippen molar-refractivity contribution in [2.75, 3.05) is 23.9 Å². The summed E-state index contributed by atoms with van der Waals surface area (Å²) in [4.78, 5) is 53.9. The van der Waals surface area contributed by atoms with Gasteiger partial charge in [-0.2, -0.15) is 0 Å². The van der Waals surface area contributed by atoms with Gasteiger partial charge in [-0.15, -0.1) is 0 Å². The van der Waals surface area contributed by atoms with Crippen molar-refractivity contribution in [2.24, 2.45) is 0 Å². The molecule has 0 aliphatic carbocycles. The van der Waals surface area contributed by atoms with Crippen LogP contribution in [0.4, 0.5) is 16.2 Å². The number of nitrogens with one attached hydrogen (secondary N) is 2. The van der Waals surface area contributed by atoms with Crippen molar-refractivity contribution in [3.05, 3.63) is 54.1 Å². The van der Waals surface area contributed by atoms with Gasteiger partial charge in [-0.05, 0) is 56.5 Å². The number of hydrogen-bond acceptors (Lipinski definition) is 5. The van der Waals surface area contributed by atoms with Crippen LogP contribution < -0.4 is 20.3 Å². The van der Waals surface area contributed by atoms with Gasteiger partial charge < -0.3 is 20.3 Å². The van der Waals surface area contributed by atoms with E-state index in [1.807, 2.05) is 24.3 Å². The first-order valence-corrected chi connectivity index (χ1v) is 11.2. The maximum absolute atomic E-state index is 13.3. The van der Waals surface area contributed by atoms with E-state index in [2.05, 4.69) is 10.6 Å². The number of rotatable bonds is 6. The average Bonchev–Trinajstić information content (AvgIpc) is 2.93. The quantitative estimate of drug-likeness (QED) is 0.639. The molecule has 0 saturated carbocycles. The van der Waals surface area contributed by atoms with E-state index in [-0.39, 0.29) is 12.3 Å². The van der Waals surface area contributed by atoms with Gasteiger partial charge in [-0.1, -0.05) is 24.3 Å². The van der Waals surface area contributed by atoms with Crippen LogP contribution in [0.3, 0.4) is 0 Å². The van der Waals surface area contributed by atoms with Gasteiger partial charge in [0.25, 0.3) is 5.91 Å². The molecular formula is C25H28N4O5. The third kappa shape index (κ3) is 4.46. The van der Waals surface area contributed by atoms with Crippen LogP contribution >= 0.6 is 0 Å². The highest BCUT2D eigenvalue weighted by atomic mass is 16.5. The first-order chi connectivity index (χ1) is 16.2. The summed E-state index contributed by atoms with van der Waals surface area (Å²) >= 11 is 0. The zero-order chi connectivity index (χ0) is 24.5. The molecule has 2 aliphatic rings. The van der Waals surface area contributed by atoms with Crippen LogP contribution in [0.5, 0.6) is 5.75 Å². The molecule has 2 aliphatic heterocycles. The number of ether oxygens (including phenoxy) is 1. The van der Waals surface area contributed by atoms with Crippen molar-refractivity contribution < 1.29 is 23.9 Å². The zero-order valence-electron chi connectivity index (χ0n) is 19.5. The van der Waals surface area contributed by atoms with Gasteiger partial charge >= 0.3 is 6.03 Å². The number of methoxy groups -OCH3 is 1. The van der Waals surface area contributed by atoms with Crippen molar-refractivity contribution in [2.45, 2.75) is 44.7 Å². The average molecular weight is 465 g/mol. The number of carbonyl (C=O) groups excluding carboxylic acids is 4. The van der Waals surface area contributed by atoms with Crippen LogP contribution in [0.2, 0.25) is 0 Å². The summed E-state index contributed by atoms with van der Waals surface area (Å²) in [6, 6.07) is 13.5. The molecular weight excluding hydrogens is 436 g/mol. The minimum absolute atomic E-state index is 0.111. The highest BCUT2D eigenvalue weighted by Gasteiger charge is 2.48. The molecule has 1 saturated heterocycles. The number of carbonyl (C=O) groups is 4.